The third-order valence-corrected chi connectivity index (χ3v) is 4.87. The molecular weight excluding hydrogens is 316 g/mol. The molecule has 2 aromatic carbocycles. The molecule has 0 spiro atoms. The Morgan fingerprint density at radius 2 is 1.83 bits per heavy atom. The van der Waals surface area contributed by atoms with Crippen LogP contribution >= 0.6 is 11.3 Å². The van der Waals surface area contributed by atoms with Gasteiger partial charge in [0.05, 0.1) is 16.1 Å². The number of aromatic nitrogens is 1. The Morgan fingerprint density at radius 1 is 1.08 bits per heavy atom. The average Bonchev–Trinajstić information content (AvgIpc) is 3.02. The van der Waals surface area contributed by atoms with Gasteiger partial charge in [-0.05, 0) is 38.5 Å². The number of nitrogens with one attached hydrogen (secondary N) is 1. The van der Waals surface area contributed by atoms with E-state index >= 15 is 0 Å². The van der Waals surface area contributed by atoms with Crippen LogP contribution in [0.25, 0.3) is 11.3 Å². The van der Waals surface area contributed by atoms with E-state index in [1.165, 1.54) is 0 Å². The fourth-order valence-corrected chi connectivity index (χ4v) is 3.15. The number of aryl methyl sites for hydroxylation is 1. The molecule has 0 aliphatic rings. The lowest BCUT2D eigenvalue weighted by atomic mass is 9.83. The van der Waals surface area contributed by atoms with Gasteiger partial charge in [0.15, 0.2) is 0 Å². The SMILES string of the molecule is Cc1nc(-c2cccc(NC(=O)C(C)(C)c3ccccc3)c2)cs1. The molecule has 4 heteroatoms. The molecule has 122 valence electrons. The number of carbonyl (C=O) groups excluding carboxylic acids is 1. The fraction of sp³-hybridized carbons (Fsp3) is 0.200. The minimum Gasteiger partial charge on any atom is -0.325 e. The molecule has 0 bridgehead atoms. The molecule has 0 fully saturated rings. The number of hydrogen-bond donors (Lipinski definition) is 1. The minimum atomic E-state index is -0.603. The molecular formula is C20H20N2OS. The second kappa shape index (κ2) is 6.57. The van der Waals surface area contributed by atoms with E-state index in [-0.39, 0.29) is 5.91 Å². The van der Waals surface area contributed by atoms with E-state index < -0.39 is 5.41 Å². The number of anilines is 1. The van der Waals surface area contributed by atoms with Gasteiger partial charge in [-0.1, -0.05) is 42.5 Å². The van der Waals surface area contributed by atoms with Crippen molar-refractivity contribution in [3.8, 4) is 11.3 Å². The Bertz CT molecular complexity index is 853. The number of hydrogen-bond acceptors (Lipinski definition) is 3. The normalized spacial score (nSPS) is 11.3. The number of nitrogens with zero attached hydrogens (tertiary/aromatic N) is 1. The van der Waals surface area contributed by atoms with Gasteiger partial charge in [-0.3, -0.25) is 4.79 Å². The molecule has 3 rings (SSSR count). The zero-order valence-electron chi connectivity index (χ0n) is 14.0. The molecule has 0 aliphatic carbocycles. The summed E-state index contributed by atoms with van der Waals surface area (Å²) in [7, 11) is 0. The van der Waals surface area contributed by atoms with Crippen molar-refractivity contribution in [3.05, 3.63) is 70.5 Å². The van der Waals surface area contributed by atoms with Gasteiger partial charge in [0.2, 0.25) is 5.91 Å². The standard InChI is InChI=1S/C20H20N2OS/c1-14-21-18(13-24-14)15-8-7-11-17(12-15)22-19(23)20(2,3)16-9-5-4-6-10-16/h4-13H,1-3H3,(H,22,23). The van der Waals surface area contributed by atoms with Crippen LogP contribution in [0.1, 0.15) is 24.4 Å². The molecule has 3 nitrogen and oxygen atoms in total. The fourth-order valence-electron chi connectivity index (χ4n) is 2.53. The predicted molar refractivity (Wildman–Crippen MR) is 100 cm³/mol. The maximum atomic E-state index is 12.8. The molecule has 0 unspecified atom stereocenters. The molecule has 1 amide bonds. The summed E-state index contributed by atoms with van der Waals surface area (Å²) in [4.78, 5) is 17.3. The molecule has 1 aromatic heterocycles. The third-order valence-electron chi connectivity index (χ3n) is 4.10. The third kappa shape index (κ3) is 3.39. The highest BCUT2D eigenvalue weighted by molar-refractivity contribution is 7.09. The summed E-state index contributed by atoms with van der Waals surface area (Å²) in [6.45, 7) is 5.86. The summed E-state index contributed by atoms with van der Waals surface area (Å²) in [6.07, 6.45) is 0. The van der Waals surface area contributed by atoms with Gasteiger partial charge >= 0.3 is 0 Å². The van der Waals surface area contributed by atoms with Gasteiger partial charge in [-0.15, -0.1) is 11.3 Å². The molecule has 0 aliphatic heterocycles. The second-order valence-electron chi connectivity index (χ2n) is 6.28. The molecule has 0 atom stereocenters. The van der Waals surface area contributed by atoms with Crippen molar-refractivity contribution >= 4 is 22.9 Å². The van der Waals surface area contributed by atoms with Crippen LogP contribution < -0.4 is 5.32 Å². The van der Waals surface area contributed by atoms with Crippen molar-refractivity contribution < 1.29 is 4.79 Å². The maximum absolute atomic E-state index is 12.8. The molecule has 0 saturated carbocycles. The number of rotatable bonds is 4. The molecule has 24 heavy (non-hydrogen) atoms. The van der Waals surface area contributed by atoms with Gasteiger partial charge in [0, 0.05) is 16.6 Å². The molecule has 0 saturated heterocycles. The van der Waals surface area contributed by atoms with E-state index in [0.717, 1.165) is 27.5 Å². The van der Waals surface area contributed by atoms with Crippen molar-refractivity contribution in [2.24, 2.45) is 0 Å². The summed E-state index contributed by atoms with van der Waals surface area (Å²) in [6, 6.07) is 17.6. The summed E-state index contributed by atoms with van der Waals surface area (Å²) in [5.74, 6) is -0.0275. The van der Waals surface area contributed by atoms with Crippen LogP contribution in [0.4, 0.5) is 5.69 Å². The Hall–Kier alpha value is -2.46. The monoisotopic (exact) mass is 336 g/mol. The Balaban J connectivity index is 1.82. The van der Waals surface area contributed by atoms with Crippen LogP contribution in [0.3, 0.4) is 0 Å². The van der Waals surface area contributed by atoms with Crippen LogP contribution in [-0.4, -0.2) is 10.9 Å². The highest BCUT2D eigenvalue weighted by atomic mass is 32.1. The van der Waals surface area contributed by atoms with E-state index in [4.69, 9.17) is 0 Å². The first-order valence-electron chi connectivity index (χ1n) is 7.86. The first-order chi connectivity index (χ1) is 11.5. The van der Waals surface area contributed by atoms with Gasteiger partial charge in [-0.2, -0.15) is 0 Å². The smallest absolute Gasteiger partial charge is 0.234 e. The number of thiazole rings is 1. The maximum Gasteiger partial charge on any atom is 0.234 e. The number of benzene rings is 2. The first kappa shape index (κ1) is 16.4. The number of carbonyl (C=O) groups is 1. The van der Waals surface area contributed by atoms with Crippen LogP contribution in [0, 0.1) is 6.92 Å². The lowest BCUT2D eigenvalue weighted by Crippen LogP contribution is -2.34. The van der Waals surface area contributed by atoms with E-state index in [2.05, 4.69) is 10.3 Å². The van der Waals surface area contributed by atoms with Gasteiger partial charge in [0.1, 0.15) is 0 Å². The van der Waals surface area contributed by atoms with Gasteiger partial charge in [-0.25, -0.2) is 4.98 Å². The van der Waals surface area contributed by atoms with Crippen molar-refractivity contribution in [2.45, 2.75) is 26.2 Å². The second-order valence-corrected chi connectivity index (χ2v) is 7.34. The highest BCUT2D eigenvalue weighted by Gasteiger charge is 2.29. The Labute approximate surface area is 146 Å². The van der Waals surface area contributed by atoms with Gasteiger partial charge in [0.25, 0.3) is 0 Å². The average molecular weight is 336 g/mol. The van der Waals surface area contributed by atoms with Gasteiger partial charge < -0.3 is 5.32 Å². The zero-order chi connectivity index (χ0) is 17.2. The van der Waals surface area contributed by atoms with Crippen LogP contribution in [0.5, 0.6) is 0 Å². The topological polar surface area (TPSA) is 42.0 Å². The molecule has 3 aromatic rings. The largest absolute Gasteiger partial charge is 0.325 e. The zero-order valence-corrected chi connectivity index (χ0v) is 14.9. The predicted octanol–water partition coefficient (Wildman–Crippen LogP) is 5.03. The molecule has 1 heterocycles. The van der Waals surface area contributed by atoms with Crippen LogP contribution in [-0.2, 0) is 10.2 Å². The Kier molecular flexibility index (Phi) is 4.49. The van der Waals surface area contributed by atoms with E-state index in [0.29, 0.717) is 0 Å². The lowest BCUT2D eigenvalue weighted by Gasteiger charge is -2.24. The summed E-state index contributed by atoms with van der Waals surface area (Å²) in [5.41, 5.74) is 3.13. The minimum absolute atomic E-state index is 0.0275. The lowest BCUT2D eigenvalue weighted by molar-refractivity contribution is -0.120. The summed E-state index contributed by atoms with van der Waals surface area (Å²) < 4.78 is 0. The van der Waals surface area contributed by atoms with Crippen molar-refractivity contribution in [2.75, 3.05) is 5.32 Å². The molecule has 1 N–H and O–H groups in total. The van der Waals surface area contributed by atoms with E-state index in [1.807, 2.05) is 80.7 Å². The van der Waals surface area contributed by atoms with Crippen molar-refractivity contribution in [1.82, 2.24) is 4.98 Å². The Morgan fingerprint density at radius 3 is 2.50 bits per heavy atom. The van der Waals surface area contributed by atoms with Crippen molar-refractivity contribution in [3.63, 3.8) is 0 Å². The summed E-state index contributed by atoms with van der Waals surface area (Å²) >= 11 is 1.62. The van der Waals surface area contributed by atoms with Crippen LogP contribution in [0.2, 0.25) is 0 Å². The van der Waals surface area contributed by atoms with E-state index in [9.17, 15) is 4.79 Å². The van der Waals surface area contributed by atoms with E-state index in [1.54, 1.807) is 11.3 Å². The molecule has 0 radical (unpaired) electrons. The summed E-state index contributed by atoms with van der Waals surface area (Å²) in [5, 5.41) is 6.10. The number of amides is 1. The first-order valence-corrected chi connectivity index (χ1v) is 8.74. The van der Waals surface area contributed by atoms with Crippen molar-refractivity contribution in [1.29, 1.82) is 0 Å². The quantitative estimate of drug-likeness (QED) is 0.725. The van der Waals surface area contributed by atoms with Crippen LogP contribution in [0.15, 0.2) is 60.0 Å². The highest BCUT2D eigenvalue weighted by Crippen LogP contribution is 2.27.